The molecule has 4 heteroatoms. The van der Waals surface area contributed by atoms with Crippen LogP contribution in [0.5, 0.6) is 11.5 Å². The molecule has 1 N–H and O–H groups in total. The lowest BCUT2D eigenvalue weighted by Crippen LogP contribution is -2.05. The molecular weight excluding hydrogens is 244 g/mol. The van der Waals surface area contributed by atoms with Crippen LogP contribution in [0.15, 0.2) is 21.3 Å². The summed E-state index contributed by atoms with van der Waals surface area (Å²) in [7, 11) is 0. The van der Waals surface area contributed by atoms with E-state index in [1.165, 1.54) is 6.07 Å². The Kier molecular flexibility index (Phi) is 2.73. The van der Waals surface area contributed by atoms with Gasteiger partial charge in [-0.05, 0) is 25.7 Å². The maximum atomic E-state index is 12.0. The van der Waals surface area contributed by atoms with Crippen LogP contribution in [0.25, 0.3) is 11.0 Å². The van der Waals surface area contributed by atoms with Crippen molar-refractivity contribution in [2.75, 3.05) is 6.61 Å². The summed E-state index contributed by atoms with van der Waals surface area (Å²) in [6, 6.07) is 3.12. The minimum atomic E-state index is -0.212. The average molecular weight is 260 g/mol. The zero-order valence-electron chi connectivity index (χ0n) is 11.0. The first-order valence-corrected chi connectivity index (χ1v) is 6.48. The van der Waals surface area contributed by atoms with Crippen molar-refractivity contribution in [3.05, 3.63) is 33.7 Å². The normalized spacial score (nSPS) is 18.7. The summed E-state index contributed by atoms with van der Waals surface area (Å²) in [5, 5.41) is 10.6. The predicted molar refractivity (Wildman–Crippen MR) is 71.9 cm³/mol. The van der Waals surface area contributed by atoms with Crippen LogP contribution >= 0.6 is 0 Å². The van der Waals surface area contributed by atoms with Crippen LogP contribution in [0.1, 0.15) is 24.7 Å². The Morgan fingerprint density at radius 1 is 1.37 bits per heavy atom. The van der Waals surface area contributed by atoms with Gasteiger partial charge in [0.25, 0.3) is 0 Å². The highest BCUT2D eigenvalue weighted by molar-refractivity contribution is 5.86. The fourth-order valence-electron chi connectivity index (χ4n) is 2.52. The van der Waals surface area contributed by atoms with Gasteiger partial charge in [0.05, 0.1) is 6.61 Å². The quantitative estimate of drug-likeness (QED) is 0.791. The van der Waals surface area contributed by atoms with E-state index in [1.54, 1.807) is 13.0 Å². The molecule has 0 fully saturated rings. The number of fused-ring (bicyclic) bond motifs is 2. The van der Waals surface area contributed by atoms with Crippen LogP contribution < -0.4 is 10.2 Å². The van der Waals surface area contributed by atoms with Crippen molar-refractivity contribution in [1.29, 1.82) is 0 Å². The van der Waals surface area contributed by atoms with E-state index in [1.807, 2.05) is 0 Å². The molecule has 1 aromatic carbocycles. The molecule has 19 heavy (non-hydrogen) atoms. The van der Waals surface area contributed by atoms with Crippen LogP contribution in [0, 0.1) is 12.8 Å². The van der Waals surface area contributed by atoms with Crippen LogP contribution in [-0.2, 0) is 6.42 Å². The Morgan fingerprint density at radius 3 is 2.95 bits per heavy atom. The number of hydrogen-bond donors (Lipinski definition) is 1. The zero-order chi connectivity index (χ0) is 13.6. The number of benzene rings is 1. The molecule has 2 aromatic rings. The van der Waals surface area contributed by atoms with Gasteiger partial charge in [-0.3, -0.25) is 4.79 Å². The third-order valence-corrected chi connectivity index (χ3v) is 3.59. The number of rotatable bonds is 0. The van der Waals surface area contributed by atoms with E-state index in [0.717, 1.165) is 6.42 Å². The Morgan fingerprint density at radius 2 is 2.16 bits per heavy atom. The van der Waals surface area contributed by atoms with Gasteiger partial charge in [-0.2, -0.15) is 0 Å². The van der Waals surface area contributed by atoms with Crippen LogP contribution in [0.4, 0.5) is 0 Å². The van der Waals surface area contributed by atoms with Crippen molar-refractivity contribution < 1.29 is 14.3 Å². The lowest BCUT2D eigenvalue weighted by Gasteiger charge is -2.11. The first-order chi connectivity index (χ1) is 9.06. The first kappa shape index (κ1) is 12.1. The number of hydrogen-bond acceptors (Lipinski definition) is 4. The molecule has 0 saturated carbocycles. The number of aromatic hydroxyl groups is 1. The molecule has 0 amide bonds. The molecule has 1 aromatic heterocycles. The average Bonchev–Trinajstić information content (AvgIpc) is 2.51. The largest absolute Gasteiger partial charge is 0.507 e. The molecule has 1 atom stereocenters. The van der Waals surface area contributed by atoms with E-state index < -0.39 is 0 Å². The van der Waals surface area contributed by atoms with Crippen molar-refractivity contribution in [2.24, 2.45) is 5.92 Å². The van der Waals surface area contributed by atoms with Gasteiger partial charge in [0.15, 0.2) is 5.43 Å². The molecule has 0 aliphatic carbocycles. The number of phenols is 1. The third kappa shape index (κ3) is 1.97. The van der Waals surface area contributed by atoms with Gasteiger partial charge in [0.1, 0.15) is 28.2 Å². The van der Waals surface area contributed by atoms with Crippen molar-refractivity contribution in [1.82, 2.24) is 0 Å². The Labute approximate surface area is 110 Å². The molecule has 100 valence electrons. The lowest BCUT2D eigenvalue weighted by atomic mass is 10.00. The summed E-state index contributed by atoms with van der Waals surface area (Å²) in [6.45, 7) is 4.44. The van der Waals surface area contributed by atoms with Gasteiger partial charge in [0, 0.05) is 17.7 Å². The first-order valence-electron chi connectivity index (χ1n) is 6.48. The molecule has 4 nitrogen and oxygen atoms in total. The van der Waals surface area contributed by atoms with E-state index in [-0.39, 0.29) is 16.6 Å². The topological polar surface area (TPSA) is 59.7 Å². The van der Waals surface area contributed by atoms with Gasteiger partial charge in [-0.15, -0.1) is 0 Å². The second-order valence-corrected chi connectivity index (χ2v) is 5.25. The molecule has 0 radical (unpaired) electrons. The predicted octanol–water partition coefficient (Wildman–Crippen LogP) is 2.77. The molecule has 1 aliphatic heterocycles. The van der Waals surface area contributed by atoms with Gasteiger partial charge >= 0.3 is 0 Å². The Balaban J connectivity index is 2.31. The number of aryl methyl sites for hydroxylation is 1. The van der Waals surface area contributed by atoms with Crippen molar-refractivity contribution >= 4 is 11.0 Å². The van der Waals surface area contributed by atoms with Gasteiger partial charge in [0.2, 0.25) is 0 Å². The smallest absolute Gasteiger partial charge is 0.196 e. The summed E-state index contributed by atoms with van der Waals surface area (Å²) >= 11 is 0. The Hall–Kier alpha value is -1.97. The minimum absolute atomic E-state index is 0.00958. The highest BCUT2D eigenvalue weighted by Gasteiger charge is 2.21. The Bertz CT molecular complexity index is 699. The molecule has 2 heterocycles. The maximum absolute atomic E-state index is 12.0. The van der Waals surface area contributed by atoms with Gasteiger partial charge in [-0.1, -0.05) is 6.92 Å². The maximum Gasteiger partial charge on any atom is 0.196 e. The summed E-state index contributed by atoms with van der Waals surface area (Å²) in [6.07, 6.45) is 1.65. The second-order valence-electron chi connectivity index (χ2n) is 5.25. The highest BCUT2D eigenvalue weighted by Crippen LogP contribution is 2.38. The summed E-state index contributed by atoms with van der Waals surface area (Å²) in [5.41, 5.74) is 0.889. The third-order valence-electron chi connectivity index (χ3n) is 3.59. The highest BCUT2D eigenvalue weighted by atomic mass is 16.5. The van der Waals surface area contributed by atoms with Crippen LogP contribution in [-0.4, -0.2) is 11.7 Å². The molecule has 3 rings (SSSR count). The van der Waals surface area contributed by atoms with E-state index in [0.29, 0.717) is 41.6 Å². The van der Waals surface area contributed by atoms with Crippen LogP contribution in [0.3, 0.4) is 0 Å². The van der Waals surface area contributed by atoms with Gasteiger partial charge in [-0.25, -0.2) is 0 Å². The van der Waals surface area contributed by atoms with Crippen LogP contribution in [0.2, 0.25) is 0 Å². The second kappa shape index (κ2) is 4.30. The molecule has 0 saturated heterocycles. The fourth-order valence-corrected chi connectivity index (χ4v) is 2.52. The van der Waals surface area contributed by atoms with Crippen molar-refractivity contribution in [2.45, 2.75) is 26.7 Å². The van der Waals surface area contributed by atoms with Gasteiger partial charge < -0.3 is 14.3 Å². The summed E-state index contributed by atoms with van der Waals surface area (Å²) < 4.78 is 11.2. The monoisotopic (exact) mass is 260 g/mol. The summed E-state index contributed by atoms with van der Waals surface area (Å²) in [5.74, 6) is 1.59. The number of ether oxygens (including phenoxy) is 1. The molecule has 0 bridgehead atoms. The molecule has 1 aliphatic rings. The molecular formula is C15H16O4. The van der Waals surface area contributed by atoms with E-state index >= 15 is 0 Å². The summed E-state index contributed by atoms with van der Waals surface area (Å²) in [4.78, 5) is 12.0. The molecule has 0 spiro atoms. The van der Waals surface area contributed by atoms with Crippen molar-refractivity contribution in [3.8, 4) is 11.5 Å². The fraction of sp³-hybridized carbons (Fsp3) is 0.400. The standard InChI is InChI=1S/C15H16O4/c1-8-3-4-10-12(18-7-8)6-13-14(15(10)17)11(16)5-9(2)19-13/h5-6,8,17H,3-4,7H2,1-2H3/t8-/m1/s1. The van der Waals surface area contributed by atoms with E-state index in [2.05, 4.69) is 6.92 Å². The van der Waals surface area contributed by atoms with E-state index in [9.17, 15) is 9.90 Å². The zero-order valence-corrected chi connectivity index (χ0v) is 11.0. The molecule has 0 unspecified atom stereocenters. The minimum Gasteiger partial charge on any atom is -0.507 e. The number of phenolic OH excluding ortho intramolecular Hbond substituents is 1. The lowest BCUT2D eigenvalue weighted by molar-refractivity contribution is 0.265. The van der Waals surface area contributed by atoms with Crippen molar-refractivity contribution in [3.63, 3.8) is 0 Å². The van der Waals surface area contributed by atoms with E-state index in [4.69, 9.17) is 9.15 Å². The SMILES string of the molecule is Cc1cc(=O)c2c(O)c3c(cc2o1)OC[C@H](C)CC3.